The molecule has 1 fully saturated rings. The highest BCUT2D eigenvalue weighted by Crippen LogP contribution is 2.26. The lowest BCUT2D eigenvalue weighted by Gasteiger charge is -2.32. The van der Waals surface area contributed by atoms with Crippen molar-refractivity contribution in [1.82, 2.24) is 9.88 Å². The zero-order valence-electron chi connectivity index (χ0n) is 11.4. The van der Waals surface area contributed by atoms with E-state index in [2.05, 4.69) is 4.98 Å². The Labute approximate surface area is 116 Å². The SMILES string of the molecule is CC(C)(C)OC(=O)N1CCC(=O)C(c2nccs2)C1. The number of hydrogen-bond acceptors (Lipinski definition) is 5. The Morgan fingerprint density at radius 1 is 1.53 bits per heavy atom. The number of ketones is 1. The summed E-state index contributed by atoms with van der Waals surface area (Å²) < 4.78 is 5.34. The molecule has 1 saturated heterocycles. The summed E-state index contributed by atoms with van der Waals surface area (Å²) in [5.74, 6) is -0.156. The largest absolute Gasteiger partial charge is 0.444 e. The number of hydrogen-bond donors (Lipinski definition) is 0. The average Bonchev–Trinajstić information content (AvgIpc) is 2.80. The van der Waals surface area contributed by atoms with Gasteiger partial charge in [0.05, 0.1) is 5.92 Å². The van der Waals surface area contributed by atoms with Gasteiger partial charge < -0.3 is 9.64 Å². The molecule has 5 nitrogen and oxygen atoms in total. The predicted molar refractivity (Wildman–Crippen MR) is 72.3 cm³/mol. The molecule has 1 aliphatic heterocycles. The van der Waals surface area contributed by atoms with E-state index in [1.54, 1.807) is 11.1 Å². The van der Waals surface area contributed by atoms with Crippen LogP contribution in [-0.4, -0.2) is 40.5 Å². The molecule has 1 aliphatic rings. The second-order valence-electron chi connectivity index (χ2n) is 5.57. The summed E-state index contributed by atoms with van der Waals surface area (Å²) in [5, 5.41) is 2.62. The van der Waals surface area contributed by atoms with E-state index in [9.17, 15) is 9.59 Å². The molecule has 1 aromatic rings. The van der Waals surface area contributed by atoms with Crippen LogP contribution in [0, 0.1) is 0 Å². The van der Waals surface area contributed by atoms with Crippen molar-refractivity contribution in [3.05, 3.63) is 16.6 Å². The van der Waals surface area contributed by atoms with E-state index in [-0.39, 0.29) is 17.8 Å². The van der Waals surface area contributed by atoms with Crippen LogP contribution in [-0.2, 0) is 9.53 Å². The molecule has 0 bridgehead atoms. The molecule has 0 saturated carbocycles. The Morgan fingerprint density at radius 3 is 2.84 bits per heavy atom. The van der Waals surface area contributed by atoms with Crippen molar-refractivity contribution in [2.75, 3.05) is 13.1 Å². The number of amides is 1. The second kappa shape index (κ2) is 5.28. The summed E-state index contributed by atoms with van der Waals surface area (Å²) in [4.78, 5) is 29.7. The first-order chi connectivity index (χ1) is 8.87. The smallest absolute Gasteiger partial charge is 0.410 e. The van der Waals surface area contributed by atoms with Gasteiger partial charge in [-0.1, -0.05) is 0 Å². The minimum Gasteiger partial charge on any atom is -0.444 e. The molecule has 1 unspecified atom stereocenters. The lowest BCUT2D eigenvalue weighted by molar-refractivity contribution is -0.123. The summed E-state index contributed by atoms with van der Waals surface area (Å²) in [6.07, 6.45) is 1.69. The number of nitrogens with zero attached hydrogens (tertiary/aromatic N) is 2. The van der Waals surface area contributed by atoms with E-state index in [0.29, 0.717) is 19.5 Å². The average molecular weight is 282 g/mol. The van der Waals surface area contributed by atoms with Gasteiger partial charge in [0.15, 0.2) is 0 Å². The highest BCUT2D eigenvalue weighted by Gasteiger charge is 2.34. The van der Waals surface area contributed by atoms with Crippen LogP contribution < -0.4 is 0 Å². The van der Waals surface area contributed by atoms with Gasteiger partial charge in [-0.15, -0.1) is 11.3 Å². The minimum absolute atomic E-state index is 0.148. The number of ether oxygens (including phenoxy) is 1. The zero-order chi connectivity index (χ0) is 14.0. The topological polar surface area (TPSA) is 59.5 Å². The maximum absolute atomic E-state index is 12.0. The van der Waals surface area contributed by atoms with Crippen LogP contribution in [0.2, 0.25) is 0 Å². The Kier molecular flexibility index (Phi) is 3.89. The van der Waals surface area contributed by atoms with Gasteiger partial charge in [0, 0.05) is 31.1 Å². The number of carbonyl (C=O) groups excluding carboxylic acids is 2. The Hall–Kier alpha value is -1.43. The summed E-state index contributed by atoms with van der Waals surface area (Å²) in [5.41, 5.74) is -0.519. The van der Waals surface area contributed by atoms with Gasteiger partial charge in [-0.25, -0.2) is 9.78 Å². The maximum Gasteiger partial charge on any atom is 0.410 e. The molecule has 2 rings (SSSR count). The van der Waals surface area contributed by atoms with Crippen molar-refractivity contribution in [1.29, 1.82) is 0 Å². The Balaban J connectivity index is 2.05. The Bertz CT molecular complexity index is 465. The molecule has 0 aliphatic carbocycles. The van der Waals surface area contributed by atoms with Gasteiger partial charge >= 0.3 is 6.09 Å². The van der Waals surface area contributed by atoms with E-state index in [1.807, 2.05) is 26.2 Å². The van der Waals surface area contributed by atoms with Crippen LogP contribution in [0.15, 0.2) is 11.6 Å². The second-order valence-corrected chi connectivity index (χ2v) is 6.49. The van der Waals surface area contributed by atoms with Crippen molar-refractivity contribution in [2.24, 2.45) is 0 Å². The van der Waals surface area contributed by atoms with E-state index in [4.69, 9.17) is 4.74 Å². The number of aromatic nitrogens is 1. The number of rotatable bonds is 1. The van der Waals surface area contributed by atoms with Gasteiger partial charge in [0.2, 0.25) is 0 Å². The molecule has 104 valence electrons. The summed E-state index contributed by atoms with van der Waals surface area (Å²) in [6, 6.07) is 0. The monoisotopic (exact) mass is 282 g/mol. The highest BCUT2D eigenvalue weighted by molar-refractivity contribution is 7.09. The van der Waals surface area contributed by atoms with Crippen molar-refractivity contribution < 1.29 is 14.3 Å². The molecule has 1 aromatic heterocycles. The fourth-order valence-corrected chi connectivity index (χ4v) is 2.70. The van der Waals surface area contributed by atoms with Crippen LogP contribution in [0.4, 0.5) is 4.79 Å². The molecular formula is C13H18N2O3S. The number of Topliss-reactive ketones (excluding diaryl/α,β-unsaturated/α-hetero) is 1. The lowest BCUT2D eigenvalue weighted by Crippen LogP contribution is -2.45. The Morgan fingerprint density at radius 2 is 2.26 bits per heavy atom. The van der Waals surface area contributed by atoms with E-state index in [1.165, 1.54) is 11.3 Å². The third-order valence-electron chi connectivity index (χ3n) is 2.82. The number of thiazole rings is 1. The molecule has 1 amide bonds. The zero-order valence-corrected chi connectivity index (χ0v) is 12.2. The quantitative estimate of drug-likeness (QED) is 0.793. The van der Waals surface area contributed by atoms with Crippen molar-refractivity contribution in [2.45, 2.75) is 38.7 Å². The normalized spacial score (nSPS) is 20.5. The van der Waals surface area contributed by atoms with Gasteiger partial charge in [-0.05, 0) is 20.8 Å². The predicted octanol–water partition coefficient (Wildman–Crippen LogP) is 2.44. The molecule has 0 radical (unpaired) electrons. The van der Waals surface area contributed by atoms with Crippen molar-refractivity contribution >= 4 is 23.2 Å². The van der Waals surface area contributed by atoms with Crippen LogP contribution in [0.25, 0.3) is 0 Å². The minimum atomic E-state index is -0.519. The van der Waals surface area contributed by atoms with E-state index in [0.717, 1.165) is 5.01 Å². The van der Waals surface area contributed by atoms with E-state index >= 15 is 0 Å². The molecule has 1 atom stereocenters. The van der Waals surface area contributed by atoms with Crippen molar-refractivity contribution in [3.8, 4) is 0 Å². The highest BCUT2D eigenvalue weighted by atomic mass is 32.1. The summed E-state index contributed by atoms with van der Waals surface area (Å²) >= 11 is 1.45. The fourth-order valence-electron chi connectivity index (χ4n) is 1.95. The summed E-state index contributed by atoms with van der Waals surface area (Å²) in [6.45, 7) is 6.28. The third kappa shape index (κ3) is 3.53. The standard InChI is InChI=1S/C13H18N2O3S/c1-13(2,3)18-12(17)15-6-4-10(16)9(8-15)11-14-5-7-19-11/h5,7,9H,4,6,8H2,1-3H3. The lowest BCUT2D eigenvalue weighted by atomic mass is 9.97. The van der Waals surface area contributed by atoms with Gasteiger partial charge in [-0.2, -0.15) is 0 Å². The van der Waals surface area contributed by atoms with Crippen LogP contribution in [0.1, 0.15) is 38.1 Å². The van der Waals surface area contributed by atoms with Gasteiger partial charge in [-0.3, -0.25) is 4.79 Å². The number of piperidine rings is 1. The first kappa shape index (κ1) is 14.0. The molecule has 6 heteroatoms. The van der Waals surface area contributed by atoms with E-state index < -0.39 is 5.60 Å². The molecule has 0 aromatic carbocycles. The van der Waals surface area contributed by atoms with Crippen LogP contribution in [0.3, 0.4) is 0 Å². The summed E-state index contributed by atoms with van der Waals surface area (Å²) in [7, 11) is 0. The van der Waals surface area contributed by atoms with Gasteiger partial charge in [0.1, 0.15) is 16.4 Å². The van der Waals surface area contributed by atoms with Crippen LogP contribution in [0.5, 0.6) is 0 Å². The van der Waals surface area contributed by atoms with Crippen LogP contribution >= 0.6 is 11.3 Å². The first-order valence-corrected chi connectivity index (χ1v) is 7.15. The number of carbonyl (C=O) groups is 2. The molecular weight excluding hydrogens is 264 g/mol. The van der Waals surface area contributed by atoms with Gasteiger partial charge in [0.25, 0.3) is 0 Å². The maximum atomic E-state index is 12.0. The molecule has 0 N–H and O–H groups in total. The first-order valence-electron chi connectivity index (χ1n) is 6.27. The number of likely N-dealkylation sites (tertiary alicyclic amines) is 1. The van der Waals surface area contributed by atoms with Crippen molar-refractivity contribution in [3.63, 3.8) is 0 Å². The molecule has 19 heavy (non-hydrogen) atoms. The molecule has 2 heterocycles. The fraction of sp³-hybridized carbons (Fsp3) is 0.615. The molecule has 0 spiro atoms. The third-order valence-corrected chi connectivity index (χ3v) is 3.71.